The molecule has 0 aromatic rings. The lowest BCUT2D eigenvalue weighted by Gasteiger charge is -2.53. The third-order valence-corrected chi connectivity index (χ3v) is 5.30. The zero-order chi connectivity index (χ0) is 12.8. The monoisotopic (exact) mass is 238 g/mol. The Hall–Kier alpha value is -0.340. The Kier molecular flexibility index (Phi) is 3.39. The first kappa shape index (κ1) is 13.1. The molecule has 0 spiro atoms. The van der Waals surface area contributed by atoms with E-state index in [4.69, 9.17) is 0 Å². The van der Waals surface area contributed by atoms with Crippen molar-refractivity contribution in [1.82, 2.24) is 0 Å². The van der Waals surface area contributed by atoms with Crippen LogP contribution in [0.1, 0.15) is 46.5 Å². The van der Waals surface area contributed by atoms with Gasteiger partial charge in [0, 0.05) is 5.41 Å². The molecular formula is C15H26O2. The first-order chi connectivity index (χ1) is 7.86. The predicted octanol–water partition coefficient (Wildman–Crippen LogP) is 2.75. The molecule has 5 atom stereocenters. The molecule has 0 saturated heterocycles. The van der Waals surface area contributed by atoms with Crippen molar-refractivity contribution in [3.63, 3.8) is 0 Å². The second-order valence-electron chi connectivity index (χ2n) is 6.69. The largest absolute Gasteiger partial charge is 0.393 e. The Balaban J connectivity index is 2.25. The fraction of sp³-hybridized carbons (Fsp3) is 0.867. The summed E-state index contributed by atoms with van der Waals surface area (Å²) < 4.78 is 0. The number of hydrogen-bond acceptors (Lipinski definition) is 2. The summed E-state index contributed by atoms with van der Waals surface area (Å²) in [4.78, 5) is 0. The molecule has 0 bridgehead atoms. The molecule has 2 N–H and O–H groups in total. The molecule has 98 valence electrons. The van der Waals surface area contributed by atoms with Gasteiger partial charge in [-0.3, -0.25) is 0 Å². The van der Waals surface area contributed by atoms with Crippen LogP contribution in [-0.2, 0) is 0 Å². The molecule has 0 aromatic heterocycles. The van der Waals surface area contributed by atoms with Crippen LogP contribution in [0.15, 0.2) is 12.2 Å². The summed E-state index contributed by atoms with van der Waals surface area (Å²) in [5, 5.41) is 20.6. The maximum atomic E-state index is 10.3. The van der Waals surface area contributed by atoms with Gasteiger partial charge >= 0.3 is 0 Å². The lowest BCUT2D eigenvalue weighted by atomic mass is 9.54. The van der Waals surface area contributed by atoms with Gasteiger partial charge in [0.2, 0.25) is 0 Å². The van der Waals surface area contributed by atoms with E-state index in [1.54, 1.807) is 0 Å². The van der Waals surface area contributed by atoms with Crippen LogP contribution in [0.3, 0.4) is 0 Å². The van der Waals surface area contributed by atoms with E-state index in [1.807, 2.05) is 0 Å². The first-order valence-corrected chi connectivity index (χ1v) is 6.90. The Morgan fingerprint density at radius 2 is 2.00 bits per heavy atom. The maximum Gasteiger partial charge on any atom is 0.0603 e. The first-order valence-electron chi connectivity index (χ1n) is 6.90. The van der Waals surface area contributed by atoms with Crippen molar-refractivity contribution >= 4 is 0 Å². The molecule has 0 heterocycles. The van der Waals surface area contributed by atoms with Gasteiger partial charge in [0.1, 0.15) is 0 Å². The summed E-state index contributed by atoms with van der Waals surface area (Å²) in [6.45, 7) is 10.7. The third-order valence-electron chi connectivity index (χ3n) is 5.30. The van der Waals surface area contributed by atoms with Gasteiger partial charge in [0.25, 0.3) is 0 Å². The van der Waals surface area contributed by atoms with Crippen molar-refractivity contribution in [2.24, 2.45) is 23.2 Å². The number of aliphatic hydroxyl groups is 2. The predicted molar refractivity (Wildman–Crippen MR) is 69.5 cm³/mol. The highest BCUT2D eigenvalue weighted by molar-refractivity contribution is 5.16. The SMILES string of the molecule is C=C1CC[C@@H](O)[C@]2(C)C[C@H](O)[C@@H](C(C)C)C[C@@H]12. The molecule has 2 saturated carbocycles. The Morgan fingerprint density at radius 1 is 1.35 bits per heavy atom. The number of allylic oxidation sites excluding steroid dienone is 1. The van der Waals surface area contributed by atoms with Crippen molar-refractivity contribution in [1.29, 1.82) is 0 Å². The molecule has 2 nitrogen and oxygen atoms in total. The molecule has 0 amide bonds. The number of aliphatic hydroxyl groups excluding tert-OH is 2. The van der Waals surface area contributed by atoms with Crippen LogP contribution in [0.5, 0.6) is 0 Å². The summed E-state index contributed by atoms with van der Waals surface area (Å²) in [7, 11) is 0. The molecule has 0 radical (unpaired) electrons. The summed E-state index contributed by atoms with van der Waals surface area (Å²) in [5.41, 5.74) is 1.13. The highest BCUT2D eigenvalue weighted by atomic mass is 16.3. The minimum absolute atomic E-state index is 0.153. The molecule has 2 heteroatoms. The van der Waals surface area contributed by atoms with Crippen molar-refractivity contribution in [3.05, 3.63) is 12.2 Å². The fourth-order valence-corrected chi connectivity index (χ4v) is 3.99. The molecule has 2 rings (SSSR count). The van der Waals surface area contributed by atoms with E-state index in [-0.39, 0.29) is 17.6 Å². The number of rotatable bonds is 1. The zero-order valence-corrected chi connectivity index (χ0v) is 11.3. The lowest BCUT2D eigenvalue weighted by molar-refractivity contribution is -0.107. The Bertz CT molecular complexity index is 310. The van der Waals surface area contributed by atoms with Crippen LogP contribution < -0.4 is 0 Å². The standard InChI is InChI=1S/C15H26O2/c1-9(2)11-7-12-10(3)5-6-14(17)15(12,4)8-13(11)16/h9,11-14,16-17H,3,5-8H2,1-2,4H3/t11-,12+,13+,14-,15-/m1/s1. The number of fused-ring (bicyclic) bond motifs is 1. The minimum Gasteiger partial charge on any atom is -0.393 e. The maximum absolute atomic E-state index is 10.3. The average Bonchev–Trinajstić information content (AvgIpc) is 2.23. The van der Waals surface area contributed by atoms with Crippen LogP contribution in [0.25, 0.3) is 0 Å². The molecule has 0 unspecified atom stereocenters. The molecule has 0 aromatic carbocycles. The average molecular weight is 238 g/mol. The summed E-state index contributed by atoms with van der Waals surface area (Å²) in [6, 6.07) is 0. The smallest absolute Gasteiger partial charge is 0.0603 e. The van der Waals surface area contributed by atoms with Crippen LogP contribution in [0.4, 0.5) is 0 Å². The summed E-state index contributed by atoms with van der Waals surface area (Å²) in [5.74, 6) is 1.25. The molecular weight excluding hydrogens is 212 g/mol. The van der Waals surface area contributed by atoms with Crippen LogP contribution in [0, 0.1) is 23.2 Å². The molecule has 2 fully saturated rings. The van der Waals surface area contributed by atoms with E-state index in [1.165, 1.54) is 5.57 Å². The van der Waals surface area contributed by atoms with Crippen LogP contribution in [-0.4, -0.2) is 22.4 Å². The number of hydrogen-bond donors (Lipinski definition) is 2. The molecule has 17 heavy (non-hydrogen) atoms. The lowest BCUT2D eigenvalue weighted by Crippen LogP contribution is -2.52. The Morgan fingerprint density at radius 3 is 2.59 bits per heavy atom. The van der Waals surface area contributed by atoms with E-state index in [2.05, 4.69) is 27.4 Å². The van der Waals surface area contributed by atoms with Gasteiger partial charge in [0.15, 0.2) is 0 Å². The van der Waals surface area contributed by atoms with E-state index < -0.39 is 0 Å². The van der Waals surface area contributed by atoms with Crippen molar-refractivity contribution in [3.8, 4) is 0 Å². The van der Waals surface area contributed by atoms with Gasteiger partial charge in [-0.05, 0) is 43.4 Å². The van der Waals surface area contributed by atoms with E-state index >= 15 is 0 Å². The molecule has 2 aliphatic rings. The topological polar surface area (TPSA) is 40.5 Å². The van der Waals surface area contributed by atoms with E-state index in [9.17, 15) is 10.2 Å². The van der Waals surface area contributed by atoms with Gasteiger partial charge in [-0.15, -0.1) is 0 Å². The van der Waals surface area contributed by atoms with E-state index in [0.29, 0.717) is 17.8 Å². The summed E-state index contributed by atoms with van der Waals surface area (Å²) in [6.07, 6.45) is 2.93. The second kappa shape index (κ2) is 4.40. The summed E-state index contributed by atoms with van der Waals surface area (Å²) >= 11 is 0. The highest BCUT2D eigenvalue weighted by Gasteiger charge is 2.51. The zero-order valence-electron chi connectivity index (χ0n) is 11.3. The van der Waals surface area contributed by atoms with Gasteiger partial charge < -0.3 is 10.2 Å². The second-order valence-corrected chi connectivity index (χ2v) is 6.69. The molecule has 0 aliphatic heterocycles. The quantitative estimate of drug-likeness (QED) is 0.690. The minimum atomic E-state index is -0.277. The highest BCUT2D eigenvalue weighted by Crippen LogP contribution is 2.54. The van der Waals surface area contributed by atoms with Crippen LogP contribution >= 0.6 is 0 Å². The van der Waals surface area contributed by atoms with Crippen molar-refractivity contribution in [2.75, 3.05) is 0 Å². The normalized spacial score (nSPS) is 47.1. The van der Waals surface area contributed by atoms with Crippen LogP contribution in [0.2, 0.25) is 0 Å². The van der Waals surface area contributed by atoms with Gasteiger partial charge in [-0.1, -0.05) is 32.9 Å². The van der Waals surface area contributed by atoms with Gasteiger partial charge in [-0.2, -0.15) is 0 Å². The third kappa shape index (κ3) is 2.06. The van der Waals surface area contributed by atoms with E-state index in [0.717, 1.165) is 25.7 Å². The van der Waals surface area contributed by atoms with Crippen molar-refractivity contribution < 1.29 is 10.2 Å². The van der Waals surface area contributed by atoms with Crippen molar-refractivity contribution in [2.45, 2.75) is 58.7 Å². The van der Waals surface area contributed by atoms with Gasteiger partial charge in [0.05, 0.1) is 12.2 Å². The molecule has 2 aliphatic carbocycles. The Labute approximate surface area is 105 Å². The van der Waals surface area contributed by atoms with Gasteiger partial charge in [-0.25, -0.2) is 0 Å². The fourth-order valence-electron chi connectivity index (χ4n) is 3.99.